The Morgan fingerprint density at radius 1 is 1.53 bits per heavy atom. The molecule has 3 rings (SSSR count). The summed E-state index contributed by atoms with van der Waals surface area (Å²) in [6.45, 7) is 2.58. The van der Waals surface area contributed by atoms with Crippen LogP contribution in [0.2, 0.25) is 0 Å². The van der Waals surface area contributed by atoms with Crippen LogP contribution < -0.4 is 4.74 Å². The maximum atomic E-state index is 10.3. The van der Waals surface area contributed by atoms with Gasteiger partial charge in [-0.2, -0.15) is 0 Å². The molecule has 0 fully saturated rings. The largest absolute Gasteiger partial charge is 0.493 e. The summed E-state index contributed by atoms with van der Waals surface area (Å²) in [6, 6.07) is 4.09. The predicted octanol–water partition coefficient (Wildman–Crippen LogP) is 2.82. The lowest BCUT2D eigenvalue weighted by atomic mass is 10.0. The smallest absolute Gasteiger partial charge is 0.125 e. The van der Waals surface area contributed by atoms with Crippen LogP contribution in [0.25, 0.3) is 0 Å². The van der Waals surface area contributed by atoms with Gasteiger partial charge in [-0.05, 0) is 41.7 Å². The summed E-state index contributed by atoms with van der Waals surface area (Å²) >= 11 is 4.76. The average Bonchev–Trinajstić information content (AvgIpc) is 2.97. The van der Waals surface area contributed by atoms with Crippen LogP contribution in [0.15, 0.2) is 16.6 Å². The number of aliphatic hydroxyl groups is 1. The van der Waals surface area contributed by atoms with Crippen molar-refractivity contribution in [1.29, 1.82) is 0 Å². The fourth-order valence-electron chi connectivity index (χ4n) is 2.34. The Labute approximate surface area is 123 Å². The quantitative estimate of drug-likeness (QED) is 0.933. The highest BCUT2D eigenvalue weighted by atomic mass is 79.9. The van der Waals surface area contributed by atoms with Gasteiger partial charge in [-0.3, -0.25) is 0 Å². The molecule has 0 bridgehead atoms. The molecule has 2 aromatic rings. The van der Waals surface area contributed by atoms with Gasteiger partial charge in [0, 0.05) is 17.3 Å². The van der Waals surface area contributed by atoms with Crippen molar-refractivity contribution >= 4 is 27.5 Å². The summed E-state index contributed by atoms with van der Waals surface area (Å²) in [7, 11) is 0. The molecule has 1 N–H and O–H groups in total. The van der Waals surface area contributed by atoms with Gasteiger partial charge in [0.1, 0.15) is 5.75 Å². The van der Waals surface area contributed by atoms with Gasteiger partial charge in [0.05, 0.1) is 23.3 Å². The van der Waals surface area contributed by atoms with Crippen LogP contribution in [-0.2, 0) is 12.8 Å². The molecular formula is C13H13BrN2O2S. The van der Waals surface area contributed by atoms with Crippen molar-refractivity contribution in [3.8, 4) is 5.75 Å². The van der Waals surface area contributed by atoms with E-state index in [0.29, 0.717) is 6.42 Å². The first kappa shape index (κ1) is 13.0. The molecule has 1 aromatic heterocycles. The summed E-state index contributed by atoms with van der Waals surface area (Å²) in [5.41, 5.74) is 3.03. The Morgan fingerprint density at radius 3 is 3.11 bits per heavy atom. The highest BCUT2D eigenvalue weighted by Crippen LogP contribution is 2.36. The van der Waals surface area contributed by atoms with Crippen LogP contribution in [-0.4, -0.2) is 21.3 Å². The molecule has 1 aliphatic heterocycles. The third kappa shape index (κ3) is 2.52. The van der Waals surface area contributed by atoms with Crippen molar-refractivity contribution in [2.24, 2.45) is 0 Å². The third-order valence-corrected chi connectivity index (χ3v) is 4.61. The average molecular weight is 341 g/mol. The zero-order valence-corrected chi connectivity index (χ0v) is 12.8. The summed E-state index contributed by atoms with van der Waals surface area (Å²) < 4.78 is 10.6. The van der Waals surface area contributed by atoms with Gasteiger partial charge >= 0.3 is 0 Å². The molecule has 0 aliphatic carbocycles. The fourth-order valence-corrected chi connectivity index (χ4v) is 3.52. The molecule has 1 aromatic carbocycles. The highest BCUT2D eigenvalue weighted by molar-refractivity contribution is 9.10. The normalized spacial score (nSPS) is 15.1. The van der Waals surface area contributed by atoms with Gasteiger partial charge in [0.15, 0.2) is 0 Å². The number of aliphatic hydroxyl groups excluding tert-OH is 1. The number of fused-ring (bicyclic) bond motifs is 1. The maximum Gasteiger partial charge on any atom is 0.125 e. The number of ether oxygens (including phenoxy) is 1. The van der Waals surface area contributed by atoms with E-state index in [-0.39, 0.29) is 0 Å². The molecule has 0 radical (unpaired) electrons. The molecule has 19 heavy (non-hydrogen) atoms. The molecule has 1 aliphatic rings. The molecule has 100 valence electrons. The Morgan fingerprint density at radius 2 is 2.37 bits per heavy atom. The standard InChI is InChI=1S/C13H13BrN2O2S/c1-7-13(19-16-15-7)11(17)6-9-5-10(14)4-8-2-3-18-12(8)9/h4-5,11,17H,2-3,6H2,1H3. The molecule has 0 saturated carbocycles. The summed E-state index contributed by atoms with van der Waals surface area (Å²) in [6.07, 6.45) is 0.869. The Bertz CT molecular complexity index is 615. The molecule has 0 amide bonds. The van der Waals surface area contributed by atoms with E-state index in [1.807, 2.05) is 13.0 Å². The van der Waals surface area contributed by atoms with Crippen LogP contribution in [0.5, 0.6) is 5.75 Å². The fraction of sp³-hybridized carbons (Fsp3) is 0.385. The Hall–Kier alpha value is -0.980. The van der Waals surface area contributed by atoms with E-state index in [1.165, 1.54) is 17.1 Å². The number of benzene rings is 1. The van der Waals surface area contributed by atoms with Gasteiger partial charge in [-0.15, -0.1) is 5.10 Å². The second-order valence-electron chi connectivity index (χ2n) is 4.59. The zero-order valence-electron chi connectivity index (χ0n) is 10.4. The highest BCUT2D eigenvalue weighted by Gasteiger charge is 2.22. The zero-order chi connectivity index (χ0) is 13.4. The molecule has 0 saturated heterocycles. The van der Waals surface area contributed by atoms with Crippen molar-refractivity contribution in [3.63, 3.8) is 0 Å². The van der Waals surface area contributed by atoms with E-state index >= 15 is 0 Å². The molecule has 1 atom stereocenters. The maximum absolute atomic E-state index is 10.3. The van der Waals surface area contributed by atoms with Gasteiger partial charge in [-0.25, -0.2) is 0 Å². The van der Waals surface area contributed by atoms with Crippen LogP contribution in [0.1, 0.15) is 27.8 Å². The van der Waals surface area contributed by atoms with Crippen molar-refractivity contribution in [3.05, 3.63) is 38.3 Å². The molecule has 1 unspecified atom stereocenters. The Kier molecular flexibility index (Phi) is 3.56. The second kappa shape index (κ2) is 5.19. The summed E-state index contributed by atoms with van der Waals surface area (Å²) in [5.74, 6) is 0.928. The SMILES string of the molecule is Cc1nnsc1C(O)Cc1cc(Br)cc2c1OCC2. The van der Waals surface area contributed by atoms with Gasteiger partial charge in [0.2, 0.25) is 0 Å². The minimum Gasteiger partial charge on any atom is -0.493 e. The number of rotatable bonds is 3. The molecule has 6 heteroatoms. The van der Waals surface area contributed by atoms with E-state index in [0.717, 1.165) is 39.4 Å². The number of aryl methyl sites for hydroxylation is 1. The van der Waals surface area contributed by atoms with E-state index in [2.05, 4.69) is 31.6 Å². The van der Waals surface area contributed by atoms with Crippen molar-refractivity contribution in [2.75, 3.05) is 6.61 Å². The lowest BCUT2D eigenvalue weighted by Gasteiger charge is -2.13. The van der Waals surface area contributed by atoms with Crippen LogP contribution in [0.4, 0.5) is 0 Å². The first-order chi connectivity index (χ1) is 9.15. The van der Waals surface area contributed by atoms with E-state index in [1.54, 1.807) is 0 Å². The van der Waals surface area contributed by atoms with Gasteiger partial charge < -0.3 is 9.84 Å². The summed E-state index contributed by atoms with van der Waals surface area (Å²) in [5, 5.41) is 14.3. The molecule has 0 spiro atoms. The topological polar surface area (TPSA) is 55.2 Å². The lowest BCUT2D eigenvalue weighted by molar-refractivity contribution is 0.180. The van der Waals surface area contributed by atoms with E-state index < -0.39 is 6.10 Å². The molecule has 4 nitrogen and oxygen atoms in total. The number of nitrogens with zero attached hydrogens (tertiary/aromatic N) is 2. The number of halogens is 1. The van der Waals surface area contributed by atoms with Crippen molar-refractivity contribution < 1.29 is 9.84 Å². The van der Waals surface area contributed by atoms with Gasteiger partial charge in [-0.1, -0.05) is 20.4 Å². The van der Waals surface area contributed by atoms with E-state index in [9.17, 15) is 5.11 Å². The second-order valence-corrected chi connectivity index (χ2v) is 6.30. The lowest BCUT2D eigenvalue weighted by Crippen LogP contribution is -2.03. The molecular weight excluding hydrogens is 328 g/mol. The van der Waals surface area contributed by atoms with E-state index in [4.69, 9.17) is 4.74 Å². The third-order valence-electron chi connectivity index (χ3n) is 3.23. The molecule has 2 heterocycles. The minimum atomic E-state index is -0.581. The Balaban J connectivity index is 1.90. The predicted molar refractivity (Wildman–Crippen MR) is 76.7 cm³/mol. The van der Waals surface area contributed by atoms with Crippen LogP contribution in [0, 0.1) is 6.92 Å². The monoisotopic (exact) mass is 340 g/mol. The first-order valence-corrected chi connectivity index (χ1v) is 7.63. The number of hydrogen-bond acceptors (Lipinski definition) is 5. The number of aromatic nitrogens is 2. The van der Waals surface area contributed by atoms with Crippen molar-refractivity contribution in [1.82, 2.24) is 9.59 Å². The van der Waals surface area contributed by atoms with Crippen LogP contribution >= 0.6 is 27.5 Å². The first-order valence-electron chi connectivity index (χ1n) is 6.06. The number of hydrogen-bond donors (Lipinski definition) is 1. The van der Waals surface area contributed by atoms with Crippen LogP contribution in [0.3, 0.4) is 0 Å². The van der Waals surface area contributed by atoms with Gasteiger partial charge in [0.25, 0.3) is 0 Å². The summed E-state index contributed by atoms with van der Waals surface area (Å²) in [4.78, 5) is 0.826. The van der Waals surface area contributed by atoms with Crippen molar-refractivity contribution in [2.45, 2.75) is 25.9 Å². The minimum absolute atomic E-state index is 0.520.